The van der Waals surface area contributed by atoms with E-state index >= 15 is 0 Å². The second kappa shape index (κ2) is 6.28. The zero-order chi connectivity index (χ0) is 13.7. The average Bonchev–Trinajstić information content (AvgIpc) is 2.27. The van der Waals surface area contributed by atoms with E-state index in [1.54, 1.807) is 12.1 Å². The molecular formula is C14H22N2O2. The second-order valence-electron chi connectivity index (χ2n) is 5.04. The maximum Gasteiger partial charge on any atom is 0.335 e. The van der Waals surface area contributed by atoms with Gasteiger partial charge >= 0.3 is 5.97 Å². The van der Waals surface area contributed by atoms with Gasteiger partial charge in [0.25, 0.3) is 0 Å². The molecule has 0 heterocycles. The minimum absolute atomic E-state index is 0.229. The predicted molar refractivity (Wildman–Crippen MR) is 75.2 cm³/mol. The molecule has 0 atom stereocenters. The molecule has 0 bridgehead atoms. The Hall–Kier alpha value is -1.71. The number of nitrogens with zero attached hydrogens (tertiary/aromatic N) is 1. The SMILES string of the molecule is CC(C)CCCN(C)c1ccc(C(=O)O)cc1N. The molecule has 0 aliphatic rings. The van der Waals surface area contributed by atoms with E-state index in [0.717, 1.165) is 18.7 Å². The van der Waals surface area contributed by atoms with Gasteiger partial charge in [-0.1, -0.05) is 13.8 Å². The largest absolute Gasteiger partial charge is 0.478 e. The van der Waals surface area contributed by atoms with E-state index in [-0.39, 0.29) is 5.56 Å². The van der Waals surface area contributed by atoms with E-state index in [1.807, 2.05) is 7.05 Å². The average molecular weight is 250 g/mol. The van der Waals surface area contributed by atoms with E-state index in [2.05, 4.69) is 18.7 Å². The molecule has 1 aromatic carbocycles. The van der Waals surface area contributed by atoms with E-state index in [4.69, 9.17) is 10.8 Å². The first kappa shape index (κ1) is 14.4. The molecular weight excluding hydrogens is 228 g/mol. The summed E-state index contributed by atoms with van der Waals surface area (Å²) in [5.74, 6) is -0.249. The third-order valence-electron chi connectivity index (χ3n) is 2.96. The first-order valence-corrected chi connectivity index (χ1v) is 6.25. The molecule has 0 aliphatic heterocycles. The molecule has 0 amide bonds. The Labute approximate surface area is 108 Å². The topological polar surface area (TPSA) is 66.6 Å². The Morgan fingerprint density at radius 1 is 1.44 bits per heavy atom. The molecule has 0 radical (unpaired) electrons. The van der Waals surface area contributed by atoms with Crippen LogP contribution in [-0.4, -0.2) is 24.7 Å². The fourth-order valence-corrected chi connectivity index (χ4v) is 1.89. The number of carbonyl (C=O) groups is 1. The van der Waals surface area contributed by atoms with Crippen LogP contribution in [0.1, 0.15) is 37.0 Å². The highest BCUT2D eigenvalue weighted by Gasteiger charge is 2.09. The molecule has 18 heavy (non-hydrogen) atoms. The molecule has 0 aliphatic carbocycles. The zero-order valence-electron chi connectivity index (χ0n) is 11.3. The van der Waals surface area contributed by atoms with E-state index < -0.39 is 5.97 Å². The van der Waals surface area contributed by atoms with Gasteiger partial charge in [0.2, 0.25) is 0 Å². The van der Waals surface area contributed by atoms with Crippen molar-refractivity contribution in [2.45, 2.75) is 26.7 Å². The lowest BCUT2D eigenvalue weighted by Crippen LogP contribution is -2.20. The summed E-state index contributed by atoms with van der Waals surface area (Å²) in [6, 6.07) is 4.87. The first-order chi connectivity index (χ1) is 8.41. The van der Waals surface area contributed by atoms with Gasteiger partial charge in [-0.25, -0.2) is 4.79 Å². The number of rotatable bonds is 6. The number of benzene rings is 1. The molecule has 100 valence electrons. The normalized spacial score (nSPS) is 10.7. The fourth-order valence-electron chi connectivity index (χ4n) is 1.89. The smallest absolute Gasteiger partial charge is 0.335 e. The molecule has 3 N–H and O–H groups in total. The van der Waals surface area contributed by atoms with E-state index in [0.29, 0.717) is 11.6 Å². The van der Waals surface area contributed by atoms with Gasteiger partial charge in [0.1, 0.15) is 0 Å². The summed E-state index contributed by atoms with van der Waals surface area (Å²) < 4.78 is 0. The third-order valence-corrected chi connectivity index (χ3v) is 2.96. The maximum absolute atomic E-state index is 10.8. The van der Waals surface area contributed by atoms with Crippen LogP contribution in [0.25, 0.3) is 0 Å². The summed E-state index contributed by atoms with van der Waals surface area (Å²) in [6.07, 6.45) is 2.28. The van der Waals surface area contributed by atoms with Crippen LogP contribution in [0.4, 0.5) is 11.4 Å². The molecule has 0 saturated carbocycles. The number of hydrogen-bond donors (Lipinski definition) is 2. The van der Waals surface area contributed by atoms with Crippen molar-refractivity contribution in [1.82, 2.24) is 0 Å². The molecule has 1 rings (SSSR count). The molecule has 0 aromatic heterocycles. The van der Waals surface area contributed by atoms with Crippen molar-refractivity contribution in [3.8, 4) is 0 Å². The number of hydrogen-bond acceptors (Lipinski definition) is 3. The van der Waals surface area contributed by atoms with Crippen molar-refractivity contribution in [3.63, 3.8) is 0 Å². The summed E-state index contributed by atoms with van der Waals surface area (Å²) in [5, 5.41) is 8.87. The third kappa shape index (κ3) is 3.95. The van der Waals surface area contributed by atoms with Crippen molar-refractivity contribution in [2.75, 3.05) is 24.2 Å². The van der Waals surface area contributed by atoms with Crippen molar-refractivity contribution < 1.29 is 9.90 Å². The predicted octanol–water partition coefficient (Wildman–Crippen LogP) is 2.84. The summed E-state index contributed by atoms with van der Waals surface area (Å²) in [6.45, 7) is 5.33. The number of anilines is 2. The van der Waals surface area contributed by atoms with Crippen LogP contribution in [-0.2, 0) is 0 Å². The van der Waals surface area contributed by atoms with Gasteiger partial charge < -0.3 is 15.7 Å². The van der Waals surface area contributed by atoms with Gasteiger partial charge in [-0.3, -0.25) is 0 Å². The Morgan fingerprint density at radius 3 is 2.61 bits per heavy atom. The molecule has 4 nitrogen and oxygen atoms in total. The lowest BCUT2D eigenvalue weighted by molar-refractivity contribution is 0.0697. The Bertz CT molecular complexity index is 416. The Kier molecular flexibility index (Phi) is 5.01. The number of carboxylic acid groups (broad SMARTS) is 1. The molecule has 0 fully saturated rings. The lowest BCUT2D eigenvalue weighted by atomic mass is 10.1. The highest BCUT2D eigenvalue weighted by Crippen LogP contribution is 2.24. The summed E-state index contributed by atoms with van der Waals surface area (Å²) in [5.41, 5.74) is 7.52. The van der Waals surface area contributed by atoms with Crippen LogP contribution in [0.2, 0.25) is 0 Å². The molecule has 1 aromatic rings. The Balaban J connectivity index is 2.68. The molecule has 0 spiro atoms. The summed E-state index contributed by atoms with van der Waals surface area (Å²) >= 11 is 0. The van der Waals surface area contributed by atoms with Crippen LogP contribution < -0.4 is 10.6 Å². The highest BCUT2D eigenvalue weighted by atomic mass is 16.4. The van der Waals surface area contributed by atoms with Crippen LogP contribution in [0.15, 0.2) is 18.2 Å². The molecule has 4 heteroatoms. The minimum atomic E-state index is -0.948. The summed E-state index contributed by atoms with van der Waals surface area (Å²) in [7, 11) is 1.98. The first-order valence-electron chi connectivity index (χ1n) is 6.25. The number of nitrogen functional groups attached to an aromatic ring is 1. The van der Waals surface area contributed by atoms with Crippen molar-refractivity contribution in [2.24, 2.45) is 5.92 Å². The van der Waals surface area contributed by atoms with Crippen molar-refractivity contribution in [3.05, 3.63) is 23.8 Å². The standard InChI is InChI=1S/C14H22N2O2/c1-10(2)5-4-8-16(3)13-7-6-11(14(17)18)9-12(13)15/h6-7,9-10H,4-5,8,15H2,1-3H3,(H,17,18). The van der Waals surface area contributed by atoms with Crippen LogP contribution in [0, 0.1) is 5.92 Å². The number of aromatic carboxylic acids is 1. The van der Waals surface area contributed by atoms with Gasteiger partial charge in [0, 0.05) is 13.6 Å². The number of nitrogens with two attached hydrogens (primary N) is 1. The quantitative estimate of drug-likeness (QED) is 0.762. The minimum Gasteiger partial charge on any atom is -0.478 e. The van der Waals surface area contributed by atoms with Gasteiger partial charge in [-0.2, -0.15) is 0 Å². The fraction of sp³-hybridized carbons (Fsp3) is 0.500. The van der Waals surface area contributed by atoms with Crippen molar-refractivity contribution in [1.29, 1.82) is 0 Å². The van der Waals surface area contributed by atoms with Gasteiger partial charge in [-0.15, -0.1) is 0 Å². The molecule has 0 unspecified atom stereocenters. The second-order valence-corrected chi connectivity index (χ2v) is 5.04. The van der Waals surface area contributed by atoms with Gasteiger partial charge in [0.15, 0.2) is 0 Å². The number of carboxylic acids is 1. The monoisotopic (exact) mass is 250 g/mol. The van der Waals surface area contributed by atoms with Crippen LogP contribution in [0.3, 0.4) is 0 Å². The maximum atomic E-state index is 10.8. The van der Waals surface area contributed by atoms with Gasteiger partial charge in [0.05, 0.1) is 16.9 Å². The van der Waals surface area contributed by atoms with E-state index in [9.17, 15) is 4.79 Å². The zero-order valence-corrected chi connectivity index (χ0v) is 11.3. The van der Waals surface area contributed by atoms with Crippen LogP contribution in [0.5, 0.6) is 0 Å². The van der Waals surface area contributed by atoms with Gasteiger partial charge in [-0.05, 0) is 37.0 Å². The van der Waals surface area contributed by atoms with Crippen LogP contribution >= 0.6 is 0 Å². The summed E-state index contributed by atoms with van der Waals surface area (Å²) in [4.78, 5) is 12.9. The van der Waals surface area contributed by atoms with Crippen molar-refractivity contribution >= 4 is 17.3 Å². The molecule has 0 saturated heterocycles. The Morgan fingerprint density at radius 2 is 2.11 bits per heavy atom. The lowest BCUT2D eigenvalue weighted by Gasteiger charge is -2.21. The van der Waals surface area contributed by atoms with E-state index in [1.165, 1.54) is 12.5 Å². The highest BCUT2D eigenvalue weighted by molar-refractivity contribution is 5.90.